The minimum Gasteiger partial charge on any atom is -0.323 e. The lowest BCUT2D eigenvalue weighted by molar-refractivity contribution is 0.385. The van der Waals surface area contributed by atoms with E-state index in [9.17, 15) is 0 Å². The summed E-state index contributed by atoms with van der Waals surface area (Å²) in [5.41, 5.74) is 7.12. The molecule has 16 heavy (non-hydrogen) atoms. The van der Waals surface area contributed by atoms with Gasteiger partial charge in [-0.3, -0.25) is 0 Å². The molecule has 2 unspecified atom stereocenters. The number of hydrogen-bond donors (Lipinski definition) is 1. The quantitative estimate of drug-likeness (QED) is 0.769. The number of aromatic nitrogens is 2. The lowest BCUT2D eigenvalue weighted by Gasteiger charge is -2.18. The van der Waals surface area contributed by atoms with Gasteiger partial charge in [-0.1, -0.05) is 39.5 Å². The van der Waals surface area contributed by atoms with Crippen molar-refractivity contribution in [2.24, 2.45) is 11.7 Å². The summed E-state index contributed by atoms with van der Waals surface area (Å²) in [4.78, 5) is 8.12. The molecule has 0 spiro atoms. The summed E-state index contributed by atoms with van der Waals surface area (Å²) in [6, 6.07) is 1.97. The summed E-state index contributed by atoms with van der Waals surface area (Å²) in [6.07, 6.45) is 9.42. The van der Waals surface area contributed by atoms with Gasteiger partial charge in [0.2, 0.25) is 0 Å². The first-order valence-corrected chi connectivity index (χ1v) is 6.29. The Bertz CT molecular complexity index is 274. The summed E-state index contributed by atoms with van der Waals surface area (Å²) >= 11 is 0. The molecular weight excluding hydrogens is 198 g/mol. The van der Waals surface area contributed by atoms with Crippen LogP contribution in [0.2, 0.25) is 0 Å². The molecule has 0 amide bonds. The van der Waals surface area contributed by atoms with Gasteiger partial charge in [0.05, 0.1) is 5.69 Å². The van der Waals surface area contributed by atoms with Gasteiger partial charge >= 0.3 is 0 Å². The van der Waals surface area contributed by atoms with Gasteiger partial charge in [-0.2, -0.15) is 0 Å². The highest BCUT2D eigenvalue weighted by molar-refractivity contribution is 5.03. The smallest absolute Gasteiger partial charge is 0.115 e. The minimum absolute atomic E-state index is 0.0600. The Kier molecular flexibility index (Phi) is 6.01. The van der Waals surface area contributed by atoms with Crippen LogP contribution in [0.1, 0.15) is 57.7 Å². The maximum Gasteiger partial charge on any atom is 0.115 e. The molecule has 0 aliphatic heterocycles. The summed E-state index contributed by atoms with van der Waals surface area (Å²) in [5.74, 6) is 0.727. The topological polar surface area (TPSA) is 51.8 Å². The minimum atomic E-state index is 0.0600. The van der Waals surface area contributed by atoms with Crippen LogP contribution in [0.5, 0.6) is 0 Å². The molecule has 3 nitrogen and oxygen atoms in total. The van der Waals surface area contributed by atoms with E-state index in [1.54, 1.807) is 12.5 Å². The Labute approximate surface area is 98.5 Å². The van der Waals surface area contributed by atoms with Gasteiger partial charge in [-0.05, 0) is 18.4 Å². The zero-order chi connectivity index (χ0) is 11.8. The molecule has 1 rings (SSSR count). The Hall–Kier alpha value is -0.960. The SMILES string of the molecule is CCCCC(CC)CC(N)c1ccncn1. The number of unbranched alkanes of at least 4 members (excludes halogenated alkanes) is 1. The third-order valence-electron chi connectivity index (χ3n) is 3.12. The molecule has 0 radical (unpaired) electrons. The van der Waals surface area contributed by atoms with Crippen LogP contribution in [0.15, 0.2) is 18.6 Å². The molecule has 1 heterocycles. The molecule has 0 aliphatic carbocycles. The third kappa shape index (κ3) is 4.27. The molecule has 0 bridgehead atoms. The fourth-order valence-electron chi connectivity index (χ4n) is 1.98. The van der Waals surface area contributed by atoms with Crippen molar-refractivity contribution in [3.05, 3.63) is 24.3 Å². The van der Waals surface area contributed by atoms with Crippen molar-refractivity contribution < 1.29 is 0 Å². The first-order chi connectivity index (χ1) is 7.77. The van der Waals surface area contributed by atoms with E-state index in [1.807, 2.05) is 6.07 Å². The summed E-state index contributed by atoms with van der Waals surface area (Å²) < 4.78 is 0. The van der Waals surface area contributed by atoms with Gasteiger partial charge in [-0.15, -0.1) is 0 Å². The average molecular weight is 221 g/mol. The van der Waals surface area contributed by atoms with Crippen LogP contribution in [0.25, 0.3) is 0 Å². The van der Waals surface area contributed by atoms with Crippen molar-refractivity contribution >= 4 is 0 Å². The maximum atomic E-state index is 6.15. The number of rotatable bonds is 7. The van der Waals surface area contributed by atoms with Gasteiger partial charge in [0.25, 0.3) is 0 Å². The predicted octanol–water partition coefficient (Wildman–Crippen LogP) is 3.08. The van der Waals surface area contributed by atoms with E-state index in [-0.39, 0.29) is 6.04 Å². The molecule has 90 valence electrons. The summed E-state index contributed by atoms with van der Waals surface area (Å²) in [5, 5.41) is 0. The predicted molar refractivity (Wildman–Crippen MR) is 66.9 cm³/mol. The van der Waals surface area contributed by atoms with E-state index >= 15 is 0 Å². The van der Waals surface area contributed by atoms with Gasteiger partial charge in [0, 0.05) is 12.2 Å². The van der Waals surface area contributed by atoms with Crippen molar-refractivity contribution in [1.82, 2.24) is 9.97 Å². The van der Waals surface area contributed by atoms with E-state index < -0.39 is 0 Å². The lowest BCUT2D eigenvalue weighted by atomic mass is 9.91. The maximum absolute atomic E-state index is 6.15. The van der Waals surface area contributed by atoms with Crippen LogP contribution < -0.4 is 5.73 Å². The number of hydrogen-bond acceptors (Lipinski definition) is 3. The Balaban J connectivity index is 2.45. The summed E-state index contributed by atoms with van der Waals surface area (Å²) in [6.45, 7) is 4.48. The molecule has 2 atom stereocenters. The van der Waals surface area contributed by atoms with Crippen LogP contribution in [-0.4, -0.2) is 9.97 Å². The van der Waals surface area contributed by atoms with Crippen molar-refractivity contribution in [2.45, 2.75) is 52.0 Å². The molecule has 0 aliphatic rings. The van der Waals surface area contributed by atoms with E-state index in [1.165, 1.54) is 25.7 Å². The molecule has 1 aromatic heterocycles. The van der Waals surface area contributed by atoms with E-state index in [0.717, 1.165) is 18.0 Å². The number of nitrogens with two attached hydrogens (primary N) is 1. The highest BCUT2D eigenvalue weighted by Gasteiger charge is 2.13. The van der Waals surface area contributed by atoms with Gasteiger partial charge in [0.15, 0.2) is 0 Å². The second kappa shape index (κ2) is 7.34. The molecule has 0 saturated heterocycles. The zero-order valence-corrected chi connectivity index (χ0v) is 10.4. The van der Waals surface area contributed by atoms with Crippen molar-refractivity contribution in [2.75, 3.05) is 0 Å². The fourth-order valence-corrected chi connectivity index (χ4v) is 1.98. The normalized spacial score (nSPS) is 14.7. The van der Waals surface area contributed by atoms with Crippen LogP contribution in [-0.2, 0) is 0 Å². The molecule has 0 saturated carbocycles. The van der Waals surface area contributed by atoms with E-state index in [2.05, 4.69) is 23.8 Å². The molecule has 0 fully saturated rings. The first kappa shape index (κ1) is 13.1. The first-order valence-electron chi connectivity index (χ1n) is 6.29. The van der Waals surface area contributed by atoms with Crippen LogP contribution >= 0.6 is 0 Å². The Morgan fingerprint density at radius 3 is 2.75 bits per heavy atom. The van der Waals surface area contributed by atoms with E-state index in [4.69, 9.17) is 5.73 Å². The van der Waals surface area contributed by atoms with Gasteiger partial charge < -0.3 is 5.73 Å². The Morgan fingerprint density at radius 1 is 1.38 bits per heavy atom. The zero-order valence-electron chi connectivity index (χ0n) is 10.4. The average Bonchev–Trinajstić information content (AvgIpc) is 2.35. The molecule has 1 aromatic rings. The van der Waals surface area contributed by atoms with E-state index in [0.29, 0.717) is 0 Å². The standard InChI is InChI=1S/C13H23N3/c1-3-5-6-11(4-2)9-12(14)13-7-8-15-10-16-13/h7-8,10-12H,3-6,9,14H2,1-2H3. The highest BCUT2D eigenvalue weighted by atomic mass is 14.8. The van der Waals surface area contributed by atoms with Crippen molar-refractivity contribution in [3.63, 3.8) is 0 Å². The van der Waals surface area contributed by atoms with Gasteiger partial charge in [-0.25, -0.2) is 9.97 Å². The van der Waals surface area contributed by atoms with Crippen LogP contribution in [0, 0.1) is 5.92 Å². The monoisotopic (exact) mass is 221 g/mol. The second-order valence-electron chi connectivity index (χ2n) is 4.39. The van der Waals surface area contributed by atoms with Gasteiger partial charge in [0.1, 0.15) is 6.33 Å². The second-order valence-corrected chi connectivity index (χ2v) is 4.39. The molecular formula is C13H23N3. The van der Waals surface area contributed by atoms with Crippen molar-refractivity contribution in [3.8, 4) is 0 Å². The molecule has 3 heteroatoms. The molecule has 0 aromatic carbocycles. The lowest BCUT2D eigenvalue weighted by Crippen LogP contribution is -2.16. The Morgan fingerprint density at radius 2 is 2.19 bits per heavy atom. The largest absolute Gasteiger partial charge is 0.323 e. The van der Waals surface area contributed by atoms with Crippen molar-refractivity contribution in [1.29, 1.82) is 0 Å². The fraction of sp³-hybridized carbons (Fsp3) is 0.692. The summed E-state index contributed by atoms with van der Waals surface area (Å²) in [7, 11) is 0. The highest BCUT2D eigenvalue weighted by Crippen LogP contribution is 2.23. The van der Waals surface area contributed by atoms with Crippen LogP contribution in [0.3, 0.4) is 0 Å². The van der Waals surface area contributed by atoms with Crippen LogP contribution in [0.4, 0.5) is 0 Å². The molecule has 2 N–H and O–H groups in total. The number of nitrogens with zero attached hydrogens (tertiary/aromatic N) is 2. The third-order valence-corrected chi connectivity index (χ3v) is 3.12.